The van der Waals surface area contributed by atoms with E-state index in [0.29, 0.717) is 12.1 Å². The second-order valence-corrected chi connectivity index (χ2v) is 5.44. The third-order valence-corrected chi connectivity index (χ3v) is 4.35. The Morgan fingerprint density at radius 3 is 2.83 bits per heavy atom. The van der Waals surface area contributed by atoms with Crippen LogP contribution in [-0.4, -0.2) is 42.9 Å². The Morgan fingerprint density at radius 1 is 1.17 bits per heavy atom. The lowest BCUT2D eigenvalue weighted by Crippen LogP contribution is -2.52. The van der Waals surface area contributed by atoms with Gasteiger partial charge in [-0.05, 0) is 25.0 Å². The molecule has 1 N–H and O–H groups in total. The zero-order valence-corrected chi connectivity index (χ0v) is 10.5. The molecule has 3 aliphatic rings. The number of aromatic nitrogens is 1. The van der Waals surface area contributed by atoms with Gasteiger partial charge in [0, 0.05) is 49.9 Å². The van der Waals surface area contributed by atoms with Gasteiger partial charge >= 0.3 is 0 Å². The molecule has 4 nitrogen and oxygen atoms in total. The highest BCUT2D eigenvalue weighted by Gasteiger charge is 2.37. The zero-order chi connectivity index (χ0) is 11.9. The van der Waals surface area contributed by atoms with Gasteiger partial charge in [-0.3, -0.25) is 4.99 Å². The van der Waals surface area contributed by atoms with Crippen molar-refractivity contribution in [2.45, 2.75) is 31.3 Å². The number of nitrogens with zero attached hydrogens (tertiary/aromatic N) is 3. The third kappa shape index (κ3) is 1.56. The summed E-state index contributed by atoms with van der Waals surface area (Å²) in [5.74, 6) is 1.18. The highest BCUT2D eigenvalue weighted by atomic mass is 15.3. The molecule has 2 bridgehead atoms. The highest BCUT2D eigenvalue weighted by Crippen LogP contribution is 2.31. The minimum Gasteiger partial charge on any atom is -0.348 e. The van der Waals surface area contributed by atoms with Gasteiger partial charge in [-0.2, -0.15) is 0 Å². The van der Waals surface area contributed by atoms with Gasteiger partial charge in [-0.15, -0.1) is 0 Å². The zero-order valence-electron chi connectivity index (χ0n) is 10.5. The molecule has 4 rings (SSSR count). The Labute approximate surface area is 107 Å². The fraction of sp³-hybridized carbons (Fsp3) is 0.571. The van der Waals surface area contributed by atoms with Crippen LogP contribution in [0.5, 0.6) is 0 Å². The first-order valence-electron chi connectivity index (χ1n) is 6.90. The molecule has 4 heterocycles. The topological polar surface area (TPSA) is 40.5 Å². The third-order valence-electron chi connectivity index (χ3n) is 4.35. The minimum atomic E-state index is 0.645. The number of aliphatic imine (C=N–C) groups is 1. The van der Waals surface area contributed by atoms with E-state index in [1.165, 1.54) is 29.9 Å². The van der Waals surface area contributed by atoms with Gasteiger partial charge in [0.15, 0.2) is 0 Å². The maximum absolute atomic E-state index is 4.88. The minimum absolute atomic E-state index is 0.645. The van der Waals surface area contributed by atoms with Crippen LogP contribution in [0.1, 0.15) is 24.1 Å². The lowest BCUT2D eigenvalue weighted by molar-refractivity contribution is 0.480. The first kappa shape index (κ1) is 10.5. The molecule has 0 spiro atoms. The number of hydrogen-bond acceptors (Lipinski definition) is 4. The second kappa shape index (κ2) is 4.05. The Morgan fingerprint density at radius 2 is 2.00 bits per heavy atom. The molecule has 0 aliphatic carbocycles. The molecule has 2 saturated heterocycles. The van der Waals surface area contributed by atoms with Crippen LogP contribution in [0.15, 0.2) is 17.1 Å². The number of anilines is 1. The smallest absolute Gasteiger partial charge is 0.129 e. The molecule has 2 unspecified atom stereocenters. The van der Waals surface area contributed by atoms with E-state index in [1.54, 1.807) is 0 Å². The number of hydrogen-bond donors (Lipinski definition) is 1. The first-order chi connectivity index (χ1) is 8.92. The quantitative estimate of drug-likeness (QED) is 0.798. The predicted octanol–water partition coefficient (Wildman–Crippen LogP) is 0.997. The molecule has 18 heavy (non-hydrogen) atoms. The number of piperazine rings is 1. The van der Waals surface area contributed by atoms with Crippen molar-refractivity contribution in [3.05, 3.63) is 23.4 Å². The van der Waals surface area contributed by atoms with Crippen LogP contribution in [0, 0.1) is 0 Å². The molecule has 0 saturated carbocycles. The molecular weight excluding hydrogens is 224 g/mol. The maximum Gasteiger partial charge on any atom is 0.129 e. The van der Waals surface area contributed by atoms with Crippen molar-refractivity contribution < 1.29 is 0 Å². The largest absolute Gasteiger partial charge is 0.348 e. The van der Waals surface area contributed by atoms with Crippen LogP contribution in [-0.2, 0) is 6.42 Å². The summed E-state index contributed by atoms with van der Waals surface area (Å²) < 4.78 is 0. The molecule has 4 heteroatoms. The summed E-state index contributed by atoms with van der Waals surface area (Å²) in [5, 5.41) is 3.52. The first-order valence-corrected chi connectivity index (χ1v) is 6.90. The average Bonchev–Trinajstić information content (AvgIpc) is 2.68. The lowest BCUT2D eigenvalue weighted by Gasteiger charge is -2.36. The SMILES string of the molecule is C1=NCCc2nc(N3C4CCC3CNC4)ccc21. The van der Waals surface area contributed by atoms with E-state index in [-0.39, 0.29) is 0 Å². The fourth-order valence-corrected chi connectivity index (χ4v) is 3.45. The predicted molar refractivity (Wildman–Crippen MR) is 72.6 cm³/mol. The van der Waals surface area contributed by atoms with Gasteiger partial charge in [0.2, 0.25) is 0 Å². The summed E-state index contributed by atoms with van der Waals surface area (Å²) in [7, 11) is 0. The number of fused-ring (bicyclic) bond motifs is 3. The van der Waals surface area contributed by atoms with Crippen molar-refractivity contribution in [3.8, 4) is 0 Å². The second-order valence-electron chi connectivity index (χ2n) is 5.44. The molecule has 0 amide bonds. The van der Waals surface area contributed by atoms with Crippen molar-refractivity contribution in [1.82, 2.24) is 10.3 Å². The monoisotopic (exact) mass is 242 g/mol. The van der Waals surface area contributed by atoms with Gasteiger partial charge in [-0.1, -0.05) is 0 Å². The molecule has 1 aromatic heterocycles. The van der Waals surface area contributed by atoms with Gasteiger partial charge in [0.25, 0.3) is 0 Å². The van der Waals surface area contributed by atoms with E-state index in [0.717, 1.165) is 26.1 Å². The van der Waals surface area contributed by atoms with Crippen molar-refractivity contribution in [2.75, 3.05) is 24.5 Å². The van der Waals surface area contributed by atoms with E-state index >= 15 is 0 Å². The molecule has 1 aromatic rings. The normalized spacial score (nSPS) is 29.4. The molecule has 3 aliphatic heterocycles. The van der Waals surface area contributed by atoms with Crippen molar-refractivity contribution in [2.24, 2.45) is 4.99 Å². The lowest BCUT2D eigenvalue weighted by atomic mass is 10.1. The van der Waals surface area contributed by atoms with Gasteiger partial charge in [0.05, 0.1) is 5.69 Å². The summed E-state index contributed by atoms with van der Waals surface area (Å²) in [6, 6.07) is 5.65. The Hall–Kier alpha value is -1.42. The van der Waals surface area contributed by atoms with Crippen LogP contribution in [0.3, 0.4) is 0 Å². The number of rotatable bonds is 1. The Kier molecular flexibility index (Phi) is 2.36. The van der Waals surface area contributed by atoms with Crippen molar-refractivity contribution >= 4 is 12.0 Å². The summed E-state index contributed by atoms with van der Waals surface area (Å²) in [6.07, 6.45) is 5.55. The summed E-state index contributed by atoms with van der Waals surface area (Å²) in [5.41, 5.74) is 2.42. The molecule has 0 radical (unpaired) electrons. The summed E-state index contributed by atoms with van der Waals surface area (Å²) in [6.45, 7) is 3.10. The van der Waals surface area contributed by atoms with E-state index < -0.39 is 0 Å². The fourth-order valence-electron chi connectivity index (χ4n) is 3.45. The van der Waals surface area contributed by atoms with Gasteiger partial charge < -0.3 is 10.2 Å². The summed E-state index contributed by atoms with van der Waals surface area (Å²) in [4.78, 5) is 11.7. The summed E-state index contributed by atoms with van der Waals surface area (Å²) >= 11 is 0. The van der Waals surface area contributed by atoms with E-state index in [1.807, 2.05) is 6.21 Å². The van der Waals surface area contributed by atoms with Crippen LogP contribution in [0.25, 0.3) is 0 Å². The van der Waals surface area contributed by atoms with Gasteiger partial charge in [0.1, 0.15) is 5.82 Å². The maximum atomic E-state index is 4.88. The molecule has 2 atom stereocenters. The van der Waals surface area contributed by atoms with Crippen molar-refractivity contribution in [3.63, 3.8) is 0 Å². The number of pyridine rings is 1. The van der Waals surface area contributed by atoms with E-state index in [2.05, 4.69) is 27.3 Å². The Bertz CT molecular complexity index is 481. The molecule has 0 aromatic carbocycles. The molecule has 94 valence electrons. The van der Waals surface area contributed by atoms with Crippen LogP contribution < -0.4 is 10.2 Å². The van der Waals surface area contributed by atoms with E-state index in [9.17, 15) is 0 Å². The van der Waals surface area contributed by atoms with Crippen LogP contribution in [0.4, 0.5) is 5.82 Å². The Balaban J connectivity index is 1.71. The van der Waals surface area contributed by atoms with Gasteiger partial charge in [-0.25, -0.2) is 4.98 Å². The van der Waals surface area contributed by atoms with Crippen LogP contribution in [0.2, 0.25) is 0 Å². The standard InChI is InChI=1S/C14H18N4/c1-4-14(17-13-5-6-15-7-10(1)13)18-11-2-3-12(18)9-16-8-11/h1,4,7,11-12,16H,2-3,5-6,8-9H2. The average molecular weight is 242 g/mol. The van der Waals surface area contributed by atoms with Crippen molar-refractivity contribution in [1.29, 1.82) is 0 Å². The highest BCUT2D eigenvalue weighted by molar-refractivity contribution is 5.82. The molecular formula is C14H18N4. The molecule has 2 fully saturated rings. The van der Waals surface area contributed by atoms with E-state index in [4.69, 9.17) is 4.98 Å². The number of nitrogens with one attached hydrogen (secondary N) is 1. The van der Waals surface area contributed by atoms with Crippen LogP contribution >= 0.6 is 0 Å².